The van der Waals surface area contributed by atoms with Crippen molar-refractivity contribution in [2.24, 2.45) is 7.05 Å². The second-order valence-corrected chi connectivity index (χ2v) is 3.55. The van der Waals surface area contributed by atoms with Crippen LogP contribution in [0.25, 0.3) is 0 Å². The first-order chi connectivity index (χ1) is 8.54. The summed E-state index contributed by atoms with van der Waals surface area (Å²) in [5.41, 5.74) is 0. The molecule has 0 atom stereocenters. The second-order valence-electron chi connectivity index (χ2n) is 3.55. The van der Waals surface area contributed by atoms with Crippen molar-refractivity contribution in [3.8, 4) is 0 Å². The summed E-state index contributed by atoms with van der Waals surface area (Å²) in [5, 5.41) is 20.6. The Bertz CT molecular complexity index is 587. The number of nitrogens with one attached hydrogen (secondary N) is 1. The summed E-state index contributed by atoms with van der Waals surface area (Å²) in [6.07, 6.45) is 3.06. The molecule has 2 rings (SSSR count). The summed E-state index contributed by atoms with van der Waals surface area (Å²) in [6.45, 7) is -0.107. The van der Waals surface area contributed by atoms with Crippen LogP contribution in [0.15, 0.2) is 24.5 Å². The van der Waals surface area contributed by atoms with Gasteiger partial charge in [0.05, 0.1) is 17.4 Å². The average molecular weight is 250 g/mol. The molecule has 9 nitrogen and oxygen atoms in total. The molecule has 2 heterocycles. The minimum Gasteiger partial charge on any atom is -0.358 e. The molecule has 18 heavy (non-hydrogen) atoms. The SMILES string of the molecule is Cn1ccc(NC(=O)Cn2ccc([N+](=O)[O-])n2)n1. The van der Waals surface area contributed by atoms with Crippen LogP contribution in [0.1, 0.15) is 0 Å². The predicted molar refractivity (Wildman–Crippen MR) is 60.7 cm³/mol. The van der Waals surface area contributed by atoms with Gasteiger partial charge in [-0.05, 0) is 4.92 Å². The Morgan fingerprint density at radius 3 is 2.78 bits per heavy atom. The molecule has 94 valence electrons. The van der Waals surface area contributed by atoms with E-state index >= 15 is 0 Å². The van der Waals surface area contributed by atoms with Gasteiger partial charge in [-0.15, -0.1) is 0 Å². The molecule has 2 aromatic heterocycles. The predicted octanol–water partition coefficient (Wildman–Crippen LogP) is 0.163. The molecular formula is C9H10N6O3. The van der Waals surface area contributed by atoms with Crippen LogP contribution in [-0.4, -0.2) is 30.4 Å². The van der Waals surface area contributed by atoms with Gasteiger partial charge in [-0.3, -0.25) is 9.48 Å². The Hall–Kier alpha value is -2.71. The number of hydrogen-bond acceptors (Lipinski definition) is 5. The molecule has 0 unspecified atom stereocenters. The number of nitrogens with zero attached hydrogens (tertiary/aromatic N) is 5. The lowest BCUT2D eigenvalue weighted by molar-refractivity contribution is -0.389. The van der Waals surface area contributed by atoms with Crippen LogP contribution in [0.4, 0.5) is 11.6 Å². The summed E-state index contributed by atoms with van der Waals surface area (Å²) >= 11 is 0. The van der Waals surface area contributed by atoms with Gasteiger partial charge in [-0.1, -0.05) is 0 Å². The van der Waals surface area contributed by atoms with E-state index < -0.39 is 4.92 Å². The van der Waals surface area contributed by atoms with E-state index in [1.165, 1.54) is 16.9 Å². The van der Waals surface area contributed by atoms with Crippen LogP contribution in [0, 0.1) is 10.1 Å². The Labute approximate surface area is 101 Å². The molecule has 9 heteroatoms. The van der Waals surface area contributed by atoms with E-state index in [0.717, 1.165) is 0 Å². The Kier molecular flexibility index (Phi) is 3.04. The summed E-state index contributed by atoms with van der Waals surface area (Å²) < 4.78 is 2.74. The summed E-state index contributed by atoms with van der Waals surface area (Å²) in [5.74, 6) is -0.225. The number of anilines is 1. The molecule has 1 N–H and O–H groups in total. The lowest BCUT2D eigenvalue weighted by Gasteiger charge is -1.99. The highest BCUT2D eigenvalue weighted by atomic mass is 16.6. The monoisotopic (exact) mass is 250 g/mol. The molecule has 0 saturated carbocycles. The van der Waals surface area contributed by atoms with Gasteiger partial charge < -0.3 is 15.4 Å². The highest BCUT2D eigenvalue weighted by Gasteiger charge is 2.13. The molecule has 1 amide bonds. The van der Waals surface area contributed by atoms with Gasteiger partial charge in [0, 0.05) is 19.3 Å². The fourth-order valence-electron chi connectivity index (χ4n) is 1.35. The molecule has 0 bridgehead atoms. The van der Waals surface area contributed by atoms with Crippen LogP contribution in [0.2, 0.25) is 0 Å². The Morgan fingerprint density at radius 1 is 1.44 bits per heavy atom. The van der Waals surface area contributed by atoms with Crippen LogP contribution in [-0.2, 0) is 18.4 Å². The zero-order chi connectivity index (χ0) is 13.1. The van der Waals surface area contributed by atoms with Crippen molar-refractivity contribution in [3.63, 3.8) is 0 Å². The van der Waals surface area contributed by atoms with E-state index in [2.05, 4.69) is 15.5 Å². The lowest BCUT2D eigenvalue weighted by Crippen LogP contribution is -2.19. The van der Waals surface area contributed by atoms with Crippen molar-refractivity contribution in [3.05, 3.63) is 34.6 Å². The number of aryl methyl sites for hydroxylation is 1. The van der Waals surface area contributed by atoms with E-state index in [1.807, 2.05) is 0 Å². The number of carbonyl (C=O) groups excluding carboxylic acids is 1. The fraction of sp³-hybridized carbons (Fsp3) is 0.222. The minimum atomic E-state index is -0.618. The molecule has 2 aromatic rings. The highest BCUT2D eigenvalue weighted by molar-refractivity contribution is 5.89. The van der Waals surface area contributed by atoms with Crippen molar-refractivity contribution in [1.29, 1.82) is 0 Å². The average Bonchev–Trinajstić information content (AvgIpc) is 2.88. The summed E-state index contributed by atoms with van der Waals surface area (Å²) in [7, 11) is 1.73. The number of rotatable bonds is 4. The molecule has 0 aliphatic rings. The zero-order valence-corrected chi connectivity index (χ0v) is 9.48. The normalized spacial score (nSPS) is 10.3. The summed E-state index contributed by atoms with van der Waals surface area (Å²) in [6, 6.07) is 2.87. The smallest absolute Gasteiger partial charge is 0.358 e. The van der Waals surface area contributed by atoms with Crippen molar-refractivity contribution >= 4 is 17.5 Å². The van der Waals surface area contributed by atoms with Crippen molar-refractivity contribution in [2.45, 2.75) is 6.54 Å². The molecule has 0 aliphatic heterocycles. The number of carbonyl (C=O) groups is 1. The number of nitro groups is 1. The van der Waals surface area contributed by atoms with Crippen LogP contribution in [0.5, 0.6) is 0 Å². The molecule has 0 spiro atoms. The number of amides is 1. The maximum absolute atomic E-state index is 11.6. The first-order valence-corrected chi connectivity index (χ1v) is 5.02. The molecule has 0 aliphatic carbocycles. The number of aromatic nitrogens is 4. The van der Waals surface area contributed by atoms with Gasteiger partial charge in [-0.2, -0.15) is 9.78 Å². The molecule has 0 aromatic carbocycles. The van der Waals surface area contributed by atoms with Crippen molar-refractivity contribution in [1.82, 2.24) is 19.6 Å². The van der Waals surface area contributed by atoms with Gasteiger partial charge in [0.1, 0.15) is 6.54 Å². The standard InChI is InChI=1S/C9H10N6O3/c1-13-4-2-7(11-13)10-9(16)6-14-5-3-8(12-14)15(17)18/h2-5H,6H2,1H3,(H,10,11,16). The van der Waals surface area contributed by atoms with E-state index in [9.17, 15) is 14.9 Å². The molecule has 0 radical (unpaired) electrons. The van der Waals surface area contributed by atoms with Gasteiger partial charge >= 0.3 is 5.82 Å². The van der Waals surface area contributed by atoms with Crippen LogP contribution in [0.3, 0.4) is 0 Å². The topological polar surface area (TPSA) is 108 Å². The third-order valence-electron chi connectivity index (χ3n) is 2.10. The summed E-state index contributed by atoms with van der Waals surface area (Å²) in [4.78, 5) is 21.4. The van der Waals surface area contributed by atoms with E-state index in [1.54, 1.807) is 24.0 Å². The van der Waals surface area contributed by atoms with Crippen LogP contribution < -0.4 is 5.32 Å². The second kappa shape index (κ2) is 4.65. The van der Waals surface area contributed by atoms with Crippen LogP contribution >= 0.6 is 0 Å². The van der Waals surface area contributed by atoms with E-state index in [4.69, 9.17) is 0 Å². The third-order valence-corrected chi connectivity index (χ3v) is 2.10. The van der Waals surface area contributed by atoms with Crippen molar-refractivity contribution < 1.29 is 9.72 Å². The highest BCUT2D eigenvalue weighted by Crippen LogP contribution is 2.06. The van der Waals surface area contributed by atoms with Gasteiger partial charge in [0.15, 0.2) is 5.82 Å². The van der Waals surface area contributed by atoms with Gasteiger partial charge in [-0.25, -0.2) is 0 Å². The third kappa shape index (κ3) is 2.70. The van der Waals surface area contributed by atoms with E-state index in [-0.39, 0.29) is 18.3 Å². The van der Waals surface area contributed by atoms with Gasteiger partial charge in [0.25, 0.3) is 0 Å². The fourth-order valence-corrected chi connectivity index (χ4v) is 1.35. The maximum atomic E-state index is 11.6. The van der Waals surface area contributed by atoms with E-state index in [0.29, 0.717) is 5.82 Å². The first-order valence-electron chi connectivity index (χ1n) is 5.02. The quantitative estimate of drug-likeness (QED) is 0.614. The molecular weight excluding hydrogens is 240 g/mol. The Balaban J connectivity index is 1.96. The number of hydrogen-bond donors (Lipinski definition) is 1. The minimum absolute atomic E-state index is 0.107. The van der Waals surface area contributed by atoms with Crippen molar-refractivity contribution in [2.75, 3.05) is 5.32 Å². The molecule has 0 saturated heterocycles. The maximum Gasteiger partial charge on any atom is 0.389 e. The zero-order valence-electron chi connectivity index (χ0n) is 9.48. The lowest BCUT2D eigenvalue weighted by atomic mass is 10.5. The van der Waals surface area contributed by atoms with Gasteiger partial charge in [0.2, 0.25) is 5.91 Å². The Morgan fingerprint density at radius 2 is 2.22 bits per heavy atom. The largest absolute Gasteiger partial charge is 0.389 e. The molecule has 0 fully saturated rings. The first kappa shape index (κ1) is 11.8.